The highest BCUT2D eigenvalue weighted by molar-refractivity contribution is 5.71. The number of hydrogen-bond donors (Lipinski definition) is 0. The van der Waals surface area contributed by atoms with Gasteiger partial charge >= 0.3 is 17.9 Å². The Hall–Kier alpha value is -2.89. The molecule has 0 amide bonds. The first-order chi connectivity index (χ1) is 40.0. The highest BCUT2D eigenvalue weighted by atomic mass is 16.6. The number of esters is 3. The molecule has 0 N–H and O–H groups in total. The van der Waals surface area contributed by atoms with Crippen LogP contribution in [0.25, 0.3) is 0 Å². The van der Waals surface area contributed by atoms with Crippen LogP contribution < -0.4 is 0 Å². The average molecular weight is 1130 g/mol. The van der Waals surface area contributed by atoms with Gasteiger partial charge < -0.3 is 14.2 Å². The Morgan fingerprint density at radius 3 is 0.728 bits per heavy atom. The SMILES string of the molecule is CCCC/C=C\C/C=C\CCCCCCCC(=O)OCC(COC(=O)CCCCCCCCCCCCCCCCCCCCCCCCCCCCCC)OC(=O)CCCCCCCC/C=C\C/C=C\C/C=C\CCCCCCC. The zero-order chi connectivity index (χ0) is 58.5. The second-order valence-corrected chi connectivity index (χ2v) is 24.1. The molecule has 6 nitrogen and oxygen atoms in total. The minimum absolute atomic E-state index is 0.0810. The van der Waals surface area contributed by atoms with Gasteiger partial charge in [0.2, 0.25) is 0 Å². The number of rotatable bonds is 66. The number of carbonyl (C=O) groups excluding carboxylic acids is 3. The molecule has 0 aliphatic rings. The molecule has 0 saturated heterocycles. The summed E-state index contributed by atoms with van der Waals surface area (Å²) >= 11 is 0. The zero-order valence-corrected chi connectivity index (χ0v) is 54.3. The van der Waals surface area contributed by atoms with Crippen LogP contribution in [0.2, 0.25) is 0 Å². The summed E-state index contributed by atoms with van der Waals surface area (Å²) in [5.41, 5.74) is 0. The molecule has 0 aromatic carbocycles. The summed E-state index contributed by atoms with van der Waals surface area (Å²) in [6, 6.07) is 0. The topological polar surface area (TPSA) is 78.9 Å². The van der Waals surface area contributed by atoms with Crippen LogP contribution in [0.5, 0.6) is 0 Å². The molecular weight excluding hydrogens is 997 g/mol. The third-order valence-electron chi connectivity index (χ3n) is 16.0. The molecule has 0 aliphatic carbocycles. The van der Waals surface area contributed by atoms with E-state index in [4.69, 9.17) is 14.2 Å². The first-order valence-corrected chi connectivity index (χ1v) is 35.8. The second kappa shape index (κ2) is 69.6. The molecule has 1 atom stereocenters. The molecule has 0 aliphatic heterocycles. The van der Waals surface area contributed by atoms with Crippen molar-refractivity contribution in [3.05, 3.63) is 60.8 Å². The normalized spacial score (nSPS) is 12.4. The van der Waals surface area contributed by atoms with Crippen LogP contribution in [0.3, 0.4) is 0 Å². The van der Waals surface area contributed by atoms with Crippen LogP contribution in [-0.4, -0.2) is 37.2 Å². The van der Waals surface area contributed by atoms with Gasteiger partial charge in [0.1, 0.15) is 13.2 Å². The van der Waals surface area contributed by atoms with Gasteiger partial charge in [-0.3, -0.25) is 14.4 Å². The molecule has 0 fully saturated rings. The molecule has 472 valence electrons. The Balaban J connectivity index is 4.26. The van der Waals surface area contributed by atoms with Crippen LogP contribution in [0.4, 0.5) is 0 Å². The van der Waals surface area contributed by atoms with E-state index in [9.17, 15) is 14.4 Å². The summed E-state index contributed by atoms with van der Waals surface area (Å²) in [6.07, 6.45) is 89.7. The summed E-state index contributed by atoms with van der Waals surface area (Å²) in [7, 11) is 0. The fourth-order valence-corrected chi connectivity index (χ4v) is 10.6. The van der Waals surface area contributed by atoms with Crippen LogP contribution >= 0.6 is 0 Å². The summed E-state index contributed by atoms with van der Waals surface area (Å²) in [5, 5.41) is 0. The van der Waals surface area contributed by atoms with E-state index in [0.29, 0.717) is 19.3 Å². The Morgan fingerprint density at radius 2 is 0.457 bits per heavy atom. The zero-order valence-electron chi connectivity index (χ0n) is 54.3. The quantitative estimate of drug-likeness (QED) is 0.0261. The van der Waals surface area contributed by atoms with Crippen molar-refractivity contribution in [2.45, 2.75) is 386 Å². The van der Waals surface area contributed by atoms with E-state index >= 15 is 0 Å². The lowest BCUT2D eigenvalue weighted by molar-refractivity contribution is -0.167. The Labute approximate surface area is 504 Å². The first-order valence-electron chi connectivity index (χ1n) is 35.8. The van der Waals surface area contributed by atoms with Crippen molar-refractivity contribution in [1.82, 2.24) is 0 Å². The van der Waals surface area contributed by atoms with Crippen molar-refractivity contribution in [2.75, 3.05) is 13.2 Å². The Bertz CT molecular complexity index is 1440. The van der Waals surface area contributed by atoms with Gasteiger partial charge in [-0.1, -0.05) is 338 Å². The fourth-order valence-electron chi connectivity index (χ4n) is 10.6. The summed E-state index contributed by atoms with van der Waals surface area (Å²) in [6.45, 7) is 6.63. The molecule has 1 unspecified atom stereocenters. The van der Waals surface area contributed by atoms with Crippen molar-refractivity contribution >= 4 is 17.9 Å². The van der Waals surface area contributed by atoms with Crippen molar-refractivity contribution in [2.24, 2.45) is 0 Å². The summed E-state index contributed by atoms with van der Waals surface area (Å²) in [5.74, 6) is -0.886. The van der Waals surface area contributed by atoms with Crippen molar-refractivity contribution < 1.29 is 28.6 Å². The number of carbonyl (C=O) groups is 3. The second-order valence-electron chi connectivity index (χ2n) is 24.1. The maximum absolute atomic E-state index is 12.9. The number of unbranched alkanes of at least 4 members (excludes halogenated alkanes) is 45. The van der Waals surface area contributed by atoms with Crippen molar-refractivity contribution in [1.29, 1.82) is 0 Å². The lowest BCUT2D eigenvalue weighted by Crippen LogP contribution is -2.30. The van der Waals surface area contributed by atoms with E-state index < -0.39 is 6.10 Å². The molecule has 6 heteroatoms. The number of ether oxygens (including phenoxy) is 3. The van der Waals surface area contributed by atoms with E-state index in [-0.39, 0.29) is 31.1 Å². The van der Waals surface area contributed by atoms with E-state index in [0.717, 1.165) is 103 Å². The molecule has 81 heavy (non-hydrogen) atoms. The summed E-state index contributed by atoms with van der Waals surface area (Å²) in [4.78, 5) is 38.4. The Morgan fingerprint density at radius 1 is 0.247 bits per heavy atom. The van der Waals surface area contributed by atoms with E-state index in [2.05, 4.69) is 81.5 Å². The minimum atomic E-state index is -0.788. The van der Waals surface area contributed by atoms with Gasteiger partial charge in [-0.2, -0.15) is 0 Å². The van der Waals surface area contributed by atoms with E-state index in [1.54, 1.807) is 0 Å². The molecule has 0 aromatic heterocycles. The third-order valence-corrected chi connectivity index (χ3v) is 16.0. The first kappa shape index (κ1) is 78.1. The molecular formula is C75H136O6. The molecule has 0 aromatic rings. The van der Waals surface area contributed by atoms with Gasteiger partial charge in [0.05, 0.1) is 0 Å². The van der Waals surface area contributed by atoms with E-state index in [1.165, 1.54) is 238 Å². The highest BCUT2D eigenvalue weighted by Gasteiger charge is 2.19. The maximum atomic E-state index is 12.9. The molecule has 0 radical (unpaired) electrons. The lowest BCUT2D eigenvalue weighted by atomic mass is 10.0. The third kappa shape index (κ3) is 67.8. The summed E-state index contributed by atoms with van der Waals surface area (Å²) < 4.78 is 17.0. The average Bonchev–Trinajstić information content (AvgIpc) is 3.47. The van der Waals surface area contributed by atoms with Crippen molar-refractivity contribution in [3.63, 3.8) is 0 Å². The standard InChI is InChI=1S/C75H136O6/c1-4-7-10-13-16-19-22-25-28-30-32-34-35-36-37-38-39-40-42-43-45-47-50-53-56-59-62-65-68-74(77)80-71-72(70-79-73(76)67-64-61-58-55-52-49-27-24-21-18-15-12-9-6-3)81-75(78)69-66-63-60-57-54-51-48-46-44-41-33-31-29-26-23-20-17-14-11-8-5-2/h15,18,23-24,26-27,31,33,44,46,72H,4-14,16-17,19-22,25,28-30,32,34-43,45,47-71H2,1-3H3/b18-15-,26-23-,27-24-,33-31-,46-44-. The maximum Gasteiger partial charge on any atom is 0.306 e. The predicted octanol–water partition coefficient (Wildman–Crippen LogP) is 24.7. The molecule has 0 spiro atoms. The predicted molar refractivity (Wildman–Crippen MR) is 353 cm³/mol. The van der Waals surface area contributed by atoms with Crippen LogP contribution in [0, 0.1) is 0 Å². The van der Waals surface area contributed by atoms with Gasteiger partial charge in [-0.15, -0.1) is 0 Å². The highest BCUT2D eigenvalue weighted by Crippen LogP contribution is 2.18. The van der Waals surface area contributed by atoms with Crippen LogP contribution in [-0.2, 0) is 28.6 Å². The fraction of sp³-hybridized carbons (Fsp3) is 0.827. The van der Waals surface area contributed by atoms with E-state index in [1.807, 2.05) is 0 Å². The van der Waals surface area contributed by atoms with Gasteiger partial charge in [0, 0.05) is 19.3 Å². The molecule has 0 bridgehead atoms. The number of hydrogen-bond acceptors (Lipinski definition) is 6. The minimum Gasteiger partial charge on any atom is -0.462 e. The van der Waals surface area contributed by atoms with Crippen molar-refractivity contribution in [3.8, 4) is 0 Å². The molecule has 0 rings (SSSR count). The van der Waals surface area contributed by atoms with Crippen LogP contribution in [0.1, 0.15) is 380 Å². The van der Waals surface area contributed by atoms with Gasteiger partial charge in [-0.25, -0.2) is 0 Å². The van der Waals surface area contributed by atoms with Gasteiger partial charge in [0.15, 0.2) is 6.10 Å². The van der Waals surface area contributed by atoms with Gasteiger partial charge in [0.25, 0.3) is 0 Å². The molecule has 0 saturated carbocycles. The lowest BCUT2D eigenvalue weighted by Gasteiger charge is -2.18. The molecule has 0 heterocycles. The largest absolute Gasteiger partial charge is 0.462 e. The van der Waals surface area contributed by atoms with Gasteiger partial charge in [-0.05, 0) is 83.5 Å². The number of allylic oxidation sites excluding steroid dienone is 10. The monoisotopic (exact) mass is 1130 g/mol. The smallest absolute Gasteiger partial charge is 0.306 e. The van der Waals surface area contributed by atoms with Crippen LogP contribution in [0.15, 0.2) is 60.8 Å². The Kier molecular flexibility index (Phi) is 67.1.